The highest BCUT2D eigenvalue weighted by atomic mass is 19.1. The third-order valence-corrected chi connectivity index (χ3v) is 5.34. The largest absolute Gasteiger partial charge is 0.495 e. The van der Waals surface area contributed by atoms with Gasteiger partial charge in [-0.1, -0.05) is 18.2 Å². The van der Waals surface area contributed by atoms with Gasteiger partial charge in [0.1, 0.15) is 23.1 Å². The average molecular weight is 504 g/mol. The number of benzene rings is 4. The summed E-state index contributed by atoms with van der Waals surface area (Å²) in [4.78, 5) is 36.3. The number of amides is 1. The number of esters is 1. The van der Waals surface area contributed by atoms with Crippen molar-refractivity contribution in [1.29, 1.82) is 0 Å². The van der Waals surface area contributed by atoms with E-state index in [2.05, 4.69) is 5.32 Å². The zero-order valence-electron chi connectivity index (χ0n) is 19.2. The summed E-state index contributed by atoms with van der Waals surface area (Å²) in [7, 11) is 1.43. The van der Waals surface area contributed by atoms with Crippen LogP contribution in [0, 0.1) is 21.7 Å². The van der Waals surface area contributed by atoms with Crippen LogP contribution in [0.4, 0.5) is 20.2 Å². The van der Waals surface area contributed by atoms with Crippen LogP contribution in [0.15, 0.2) is 84.9 Å². The molecule has 1 amide bonds. The number of nitrogens with zero attached hydrogens (tertiary/aromatic N) is 1. The Bertz CT molecular complexity index is 1510. The van der Waals surface area contributed by atoms with Crippen LogP contribution in [-0.2, 0) is 0 Å². The number of hydrogen-bond acceptors (Lipinski definition) is 6. The number of nitro benzene ring substituents is 1. The van der Waals surface area contributed by atoms with Crippen LogP contribution < -0.4 is 14.8 Å². The third kappa shape index (κ3) is 5.59. The molecule has 8 nitrogen and oxygen atoms in total. The van der Waals surface area contributed by atoms with Gasteiger partial charge in [0, 0.05) is 23.8 Å². The number of non-ortho nitro benzene ring substituents is 1. The van der Waals surface area contributed by atoms with E-state index >= 15 is 0 Å². The molecular weight excluding hydrogens is 486 g/mol. The third-order valence-electron chi connectivity index (χ3n) is 5.34. The molecule has 0 radical (unpaired) electrons. The van der Waals surface area contributed by atoms with Crippen molar-refractivity contribution in [1.82, 2.24) is 0 Å². The van der Waals surface area contributed by atoms with Gasteiger partial charge < -0.3 is 14.8 Å². The molecule has 4 rings (SSSR count). The Kier molecular flexibility index (Phi) is 7.19. The van der Waals surface area contributed by atoms with E-state index in [4.69, 9.17) is 9.47 Å². The molecule has 37 heavy (non-hydrogen) atoms. The monoisotopic (exact) mass is 504 g/mol. The quantitative estimate of drug-likeness (QED) is 0.143. The van der Waals surface area contributed by atoms with Crippen LogP contribution in [0.3, 0.4) is 0 Å². The van der Waals surface area contributed by atoms with E-state index < -0.39 is 28.4 Å². The molecule has 4 aromatic rings. The highest BCUT2D eigenvalue weighted by Gasteiger charge is 2.20. The Morgan fingerprint density at radius 3 is 2.30 bits per heavy atom. The fraction of sp³-hybridized carbons (Fsp3) is 0.0370. The second-order valence-electron chi connectivity index (χ2n) is 7.68. The van der Waals surface area contributed by atoms with Gasteiger partial charge in [-0.15, -0.1) is 0 Å². The van der Waals surface area contributed by atoms with Gasteiger partial charge in [-0.3, -0.25) is 14.9 Å². The van der Waals surface area contributed by atoms with Crippen LogP contribution in [0.2, 0.25) is 0 Å². The number of nitro groups is 1. The molecule has 0 spiro atoms. The van der Waals surface area contributed by atoms with Gasteiger partial charge in [0.2, 0.25) is 0 Å². The molecule has 10 heteroatoms. The highest BCUT2D eigenvalue weighted by Crippen LogP contribution is 2.31. The minimum absolute atomic E-state index is 0.00958. The molecule has 0 aliphatic carbocycles. The van der Waals surface area contributed by atoms with Gasteiger partial charge in [-0.25, -0.2) is 13.6 Å². The normalized spacial score (nSPS) is 10.5. The van der Waals surface area contributed by atoms with Crippen molar-refractivity contribution in [2.45, 2.75) is 0 Å². The summed E-state index contributed by atoms with van der Waals surface area (Å²) in [5.74, 6) is -2.94. The second kappa shape index (κ2) is 10.6. The lowest BCUT2D eigenvalue weighted by atomic mass is 10.0. The van der Waals surface area contributed by atoms with E-state index in [0.29, 0.717) is 17.5 Å². The molecule has 0 saturated heterocycles. The summed E-state index contributed by atoms with van der Waals surface area (Å²) in [5, 5.41) is 13.5. The van der Waals surface area contributed by atoms with Crippen LogP contribution >= 0.6 is 0 Å². The predicted molar refractivity (Wildman–Crippen MR) is 131 cm³/mol. The summed E-state index contributed by atoms with van der Waals surface area (Å²) in [5.41, 5.74) is 0.275. The number of nitrogens with one attached hydrogen (secondary N) is 1. The molecule has 1 N–H and O–H groups in total. The zero-order chi connectivity index (χ0) is 26.5. The number of hydrogen-bond donors (Lipinski definition) is 1. The molecule has 0 aliphatic heterocycles. The maximum absolute atomic E-state index is 14.4. The number of carbonyl (C=O) groups excluding carboxylic acids is 2. The lowest BCUT2D eigenvalue weighted by molar-refractivity contribution is -0.384. The molecule has 0 saturated carbocycles. The maximum Gasteiger partial charge on any atom is 0.343 e. The van der Waals surface area contributed by atoms with Gasteiger partial charge in [0.25, 0.3) is 11.6 Å². The summed E-state index contributed by atoms with van der Waals surface area (Å²) < 4.78 is 38.5. The first-order chi connectivity index (χ1) is 17.8. The molecule has 4 aromatic carbocycles. The number of halogens is 2. The molecule has 0 aromatic heterocycles. The molecule has 0 bridgehead atoms. The average Bonchev–Trinajstić information content (AvgIpc) is 2.89. The molecule has 186 valence electrons. The summed E-state index contributed by atoms with van der Waals surface area (Å²) in [6.07, 6.45) is 0. The van der Waals surface area contributed by atoms with Crippen LogP contribution in [0.1, 0.15) is 20.7 Å². The number of anilines is 1. The van der Waals surface area contributed by atoms with E-state index in [1.54, 1.807) is 24.3 Å². The molecule has 0 unspecified atom stereocenters. The van der Waals surface area contributed by atoms with Crippen LogP contribution in [0.25, 0.3) is 11.1 Å². The number of methoxy groups -OCH3 is 1. The summed E-state index contributed by atoms with van der Waals surface area (Å²) in [6, 6.07) is 18.4. The number of ether oxygens (including phenoxy) is 2. The lowest BCUT2D eigenvalue weighted by Gasteiger charge is -2.14. The first kappa shape index (κ1) is 25.0. The fourth-order valence-corrected chi connectivity index (χ4v) is 3.50. The fourth-order valence-electron chi connectivity index (χ4n) is 3.50. The minimum atomic E-state index is -0.873. The summed E-state index contributed by atoms with van der Waals surface area (Å²) in [6.45, 7) is 0. The summed E-state index contributed by atoms with van der Waals surface area (Å²) >= 11 is 0. The Morgan fingerprint density at radius 2 is 1.62 bits per heavy atom. The van der Waals surface area contributed by atoms with Gasteiger partial charge in [-0.2, -0.15) is 0 Å². The maximum atomic E-state index is 14.4. The lowest BCUT2D eigenvalue weighted by Crippen LogP contribution is -2.17. The van der Waals surface area contributed by atoms with Crippen molar-refractivity contribution in [2.75, 3.05) is 12.4 Å². The van der Waals surface area contributed by atoms with Crippen molar-refractivity contribution in [3.63, 3.8) is 0 Å². The van der Waals surface area contributed by atoms with Crippen molar-refractivity contribution in [3.05, 3.63) is 118 Å². The van der Waals surface area contributed by atoms with Crippen molar-refractivity contribution < 1.29 is 32.8 Å². The zero-order valence-corrected chi connectivity index (χ0v) is 19.2. The Labute approximate surface area is 209 Å². The van der Waals surface area contributed by atoms with E-state index in [-0.39, 0.29) is 33.7 Å². The van der Waals surface area contributed by atoms with Crippen LogP contribution in [-0.4, -0.2) is 23.9 Å². The highest BCUT2D eigenvalue weighted by molar-refractivity contribution is 6.08. The molecule has 0 fully saturated rings. The van der Waals surface area contributed by atoms with E-state index in [1.807, 2.05) is 0 Å². The smallest absolute Gasteiger partial charge is 0.343 e. The van der Waals surface area contributed by atoms with Crippen molar-refractivity contribution in [3.8, 4) is 22.6 Å². The van der Waals surface area contributed by atoms with E-state index in [9.17, 15) is 28.5 Å². The van der Waals surface area contributed by atoms with E-state index in [1.165, 1.54) is 43.5 Å². The van der Waals surface area contributed by atoms with Crippen LogP contribution in [0.5, 0.6) is 11.5 Å². The topological polar surface area (TPSA) is 108 Å². The first-order valence-corrected chi connectivity index (χ1v) is 10.8. The molecule has 0 heterocycles. The standard InChI is InChI=1S/C27H18F2N2O6/c1-36-25-5-3-2-4-23(25)30-26(32)21-14-17(20-12-9-18(28)15-22(20)29)8-13-24(21)37-27(33)16-6-10-19(11-7-16)31(34)35/h2-15H,1H3,(H,30,32). The number of para-hydroxylation sites is 2. The van der Waals surface area contributed by atoms with Crippen molar-refractivity contribution >= 4 is 23.3 Å². The molecular formula is C27H18F2N2O6. The SMILES string of the molecule is COc1ccccc1NC(=O)c1cc(-c2ccc(F)cc2F)ccc1OC(=O)c1ccc([N+](=O)[O-])cc1. The second-order valence-corrected chi connectivity index (χ2v) is 7.68. The predicted octanol–water partition coefficient (Wildman–Crippen LogP) is 6.02. The molecule has 0 atom stereocenters. The van der Waals surface area contributed by atoms with Gasteiger partial charge in [-0.05, 0) is 54.1 Å². The first-order valence-electron chi connectivity index (χ1n) is 10.8. The van der Waals surface area contributed by atoms with E-state index in [0.717, 1.165) is 18.2 Å². The Morgan fingerprint density at radius 1 is 0.892 bits per heavy atom. The number of rotatable bonds is 7. The van der Waals surface area contributed by atoms with Gasteiger partial charge >= 0.3 is 5.97 Å². The van der Waals surface area contributed by atoms with Gasteiger partial charge in [0.15, 0.2) is 0 Å². The Hall–Kier alpha value is -5.12. The molecule has 0 aliphatic rings. The number of carbonyl (C=O) groups is 2. The Balaban J connectivity index is 1.72. The minimum Gasteiger partial charge on any atom is -0.495 e. The van der Waals surface area contributed by atoms with Crippen molar-refractivity contribution in [2.24, 2.45) is 0 Å². The van der Waals surface area contributed by atoms with Gasteiger partial charge in [0.05, 0.1) is 28.8 Å².